The Kier molecular flexibility index (Phi) is 5.80. The number of hydrogen-bond acceptors (Lipinski definition) is 2. The van der Waals surface area contributed by atoms with Crippen LogP contribution in [-0.4, -0.2) is 29.8 Å². The van der Waals surface area contributed by atoms with Crippen molar-refractivity contribution in [2.24, 2.45) is 11.8 Å². The van der Waals surface area contributed by atoms with Crippen molar-refractivity contribution in [1.82, 2.24) is 10.2 Å². The van der Waals surface area contributed by atoms with Crippen LogP contribution in [-0.2, 0) is 9.59 Å². The fraction of sp³-hybridized carbons (Fsp3) is 0.579. The van der Waals surface area contributed by atoms with E-state index in [1.165, 1.54) is 5.56 Å². The highest BCUT2D eigenvalue weighted by Crippen LogP contribution is 2.22. The first kappa shape index (κ1) is 17.5. The second kappa shape index (κ2) is 7.62. The van der Waals surface area contributed by atoms with Gasteiger partial charge in [-0.1, -0.05) is 38.1 Å². The van der Waals surface area contributed by atoms with E-state index in [4.69, 9.17) is 0 Å². The van der Waals surface area contributed by atoms with Crippen LogP contribution in [0.2, 0.25) is 0 Å². The lowest BCUT2D eigenvalue weighted by Crippen LogP contribution is -2.44. The molecule has 2 rings (SSSR count). The molecule has 1 aromatic rings. The second-order valence-electron chi connectivity index (χ2n) is 6.84. The minimum Gasteiger partial charge on any atom is -0.349 e. The van der Waals surface area contributed by atoms with Gasteiger partial charge in [0.05, 0.1) is 6.04 Å². The molecule has 23 heavy (non-hydrogen) atoms. The van der Waals surface area contributed by atoms with Gasteiger partial charge >= 0.3 is 0 Å². The lowest BCUT2D eigenvalue weighted by Gasteiger charge is -2.33. The maximum absolute atomic E-state index is 12.5. The highest BCUT2D eigenvalue weighted by molar-refractivity contribution is 5.81. The van der Waals surface area contributed by atoms with Gasteiger partial charge in [-0.3, -0.25) is 9.59 Å². The first-order chi connectivity index (χ1) is 10.9. The molecule has 0 aromatic heterocycles. The molecule has 1 fully saturated rings. The Balaban J connectivity index is 1.88. The lowest BCUT2D eigenvalue weighted by atomic mass is 9.94. The van der Waals surface area contributed by atoms with E-state index in [0.717, 1.165) is 18.4 Å². The molecule has 0 radical (unpaired) electrons. The molecule has 1 aliphatic rings. The number of carbonyl (C=O) groups is 2. The summed E-state index contributed by atoms with van der Waals surface area (Å²) < 4.78 is 0. The molecule has 0 spiro atoms. The predicted octanol–water partition coefficient (Wildman–Crippen LogP) is 3.07. The molecule has 126 valence electrons. The minimum atomic E-state index is 0.0117. The van der Waals surface area contributed by atoms with Crippen molar-refractivity contribution in [1.29, 1.82) is 0 Å². The van der Waals surface area contributed by atoms with Gasteiger partial charge in [-0.15, -0.1) is 0 Å². The van der Waals surface area contributed by atoms with Crippen molar-refractivity contribution in [2.45, 2.75) is 46.6 Å². The van der Waals surface area contributed by atoms with Gasteiger partial charge in [0, 0.05) is 24.9 Å². The Labute approximate surface area is 139 Å². The number of carbonyl (C=O) groups excluding carboxylic acids is 2. The summed E-state index contributed by atoms with van der Waals surface area (Å²) in [7, 11) is 0. The molecular formula is C19H28N2O2. The van der Waals surface area contributed by atoms with Crippen LogP contribution in [0.1, 0.15) is 50.8 Å². The maximum atomic E-state index is 12.5. The zero-order valence-corrected chi connectivity index (χ0v) is 14.6. The molecule has 4 heteroatoms. The lowest BCUT2D eigenvalue weighted by molar-refractivity contribution is -0.138. The summed E-state index contributed by atoms with van der Waals surface area (Å²) >= 11 is 0. The van der Waals surface area contributed by atoms with Gasteiger partial charge in [-0.25, -0.2) is 0 Å². The summed E-state index contributed by atoms with van der Waals surface area (Å²) in [6, 6.07) is 8.15. The molecule has 1 N–H and O–H groups in total. The van der Waals surface area contributed by atoms with Gasteiger partial charge in [-0.05, 0) is 37.8 Å². The van der Waals surface area contributed by atoms with E-state index in [2.05, 4.69) is 24.4 Å². The van der Waals surface area contributed by atoms with Crippen molar-refractivity contribution in [3.63, 3.8) is 0 Å². The zero-order chi connectivity index (χ0) is 17.0. The van der Waals surface area contributed by atoms with Crippen molar-refractivity contribution in [2.75, 3.05) is 13.1 Å². The number of nitrogens with zero attached hydrogens (tertiary/aromatic N) is 1. The molecule has 0 aliphatic carbocycles. The van der Waals surface area contributed by atoms with Gasteiger partial charge in [0.1, 0.15) is 0 Å². The number of amides is 2. The number of rotatable bonds is 4. The van der Waals surface area contributed by atoms with E-state index in [-0.39, 0.29) is 29.7 Å². The van der Waals surface area contributed by atoms with Crippen LogP contribution >= 0.6 is 0 Å². The van der Waals surface area contributed by atoms with Gasteiger partial charge in [0.15, 0.2) is 0 Å². The van der Waals surface area contributed by atoms with Gasteiger partial charge in [0.2, 0.25) is 11.8 Å². The summed E-state index contributed by atoms with van der Waals surface area (Å²) in [5, 5.41) is 3.13. The van der Waals surface area contributed by atoms with E-state index in [0.29, 0.717) is 13.1 Å². The summed E-state index contributed by atoms with van der Waals surface area (Å²) in [4.78, 5) is 26.4. The molecule has 2 amide bonds. The molecule has 1 atom stereocenters. The topological polar surface area (TPSA) is 49.4 Å². The maximum Gasteiger partial charge on any atom is 0.225 e. The first-order valence-corrected chi connectivity index (χ1v) is 8.54. The number of nitrogens with one attached hydrogen (secondary N) is 1. The third kappa shape index (κ3) is 4.34. The van der Waals surface area contributed by atoms with Crippen molar-refractivity contribution >= 4 is 11.8 Å². The summed E-state index contributed by atoms with van der Waals surface area (Å²) in [5.74, 6) is 0.341. The first-order valence-electron chi connectivity index (χ1n) is 8.54. The summed E-state index contributed by atoms with van der Waals surface area (Å²) in [6.45, 7) is 9.31. The average molecular weight is 316 g/mol. The molecule has 1 heterocycles. The average Bonchev–Trinajstić information content (AvgIpc) is 2.54. The van der Waals surface area contributed by atoms with E-state index in [1.54, 1.807) is 0 Å². The van der Waals surface area contributed by atoms with E-state index >= 15 is 0 Å². The Hall–Kier alpha value is -1.84. The van der Waals surface area contributed by atoms with E-state index in [9.17, 15) is 9.59 Å². The van der Waals surface area contributed by atoms with Crippen LogP contribution < -0.4 is 5.32 Å². The smallest absolute Gasteiger partial charge is 0.225 e. The van der Waals surface area contributed by atoms with E-state index < -0.39 is 0 Å². The van der Waals surface area contributed by atoms with Crippen LogP contribution in [0.25, 0.3) is 0 Å². The molecule has 0 bridgehead atoms. The van der Waals surface area contributed by atoms with Crippen LogP contribution in [0.3, 0.4) is 0 Å². The number of piperidine rings is 1. The second-order valence-corrected chi connectivity index (χ2v) is 6.84. The van der Waals surface area contributed by atoms with Crippen LogP contribution in [0, 0.1) is 18.8 Å². The predicted molar refractivity (Wildman–Crippen MR) is 91.9 cm³/mol. The third-order valence-electron chi connectivity index (χ3n) is 4.69. The zero-order valence-electron chi connectivity index (χ0n) is 14.6. The fourth-order valence-electron chi connectivity index (χ4n) is 3.21. The fourth-order valence-corrected chi connectivity index (χ4v) is 3.21. The molecule has 1 saturated heterocycles. The molecule has 1 aromatic carbocycles. The van der Waals surface area contributed by atoms with Crippen LogP contribution in [0.4, 0.5) is 0 Å². The van der Waals surface area contributed by atoms with Crippen molar-refractivity contribution in [3.05, 3.63) is 35.4 Å². The van der Waals surface area contributed by atoms with Crippen LogP contribution in [0.15, 0.2) is 24.3 Å². The van der Waals surface area contributed by atoms with E-state index in [1.807, 2.05) is 37.8 Å². The normalized spacial score (nSPS) is 17.2. The Morgan fingerprint density at radius 3 is 2.30 bits per heavy atom. The van der Waals surface area contributed by atoms with Crippen molar-refractivity contribution in [3.8, 4) is 0 Å². The monoisotopic (exact) mass is 316 g/mol. The largest absolute Gasteiger partial charge is 0.349 e. The SMILES string of the molecule is Cc1ccccc1C(C)NC(=O)C1CCN(C(=O)C(C)C)CC1. The molecule has 0 saturated carbocycles. The number of benzene rings is 1. The summed E-state index contributed by atoms with van der Waals surface area (Å²) in [5.41, 5.74) is 2.35. The number of aryl methyl sites for hydroxylation is 1. The molecule has 4 nitrogen and oxygen atoms in total. The standard InChI is InChI=1S/C19H28N2O2/c1-13(2)19(23)21-11-9-16(10-12-21)18(22)20-15(4)17-8-6-5-7-14(17)3/h5-8,13,15-16H,9-12H2,1-4H3,(H,20,22). The number of likely N-dealkylation sites (tertiary alicyclic amines) is 1. The summed E-state index contributed by atoms with van der Waals surface area (Å²) in [6.07, 6.45) is 1.51. The van der Waals surface area contributed by atoms with Gasteiger partial charge < -0.3 is 10.2 Å². The highest BCUT2D eigenvalue weighted by atomic mass is 16.2. The van der Waals surface area contributed by atoms with Gasteiger partial charge in [0.25, 0.3) is 0 Å². The number of hydrogen-bond donors (Lipinski definition) is 1. The Morgan fingerprint density at radius 2 is 1.74 bits per heavy atom. The van der Waals surface area contributed by atoms with Gasteiger partial charge in [-0.2, -0.15) is 0 Å². The third-order valence-corrected chi connectivity index (χ3v) is 4.69. The highest BCUT2D eigenvalue weighted by Gasteiger charge is 2.28. The molecule has 1 unspecified atom stereocenters. The van der Waals surface area contributed by atoms with Crippen LogP contribution in [0.5, 0.6) is 0 Å². The Morgan fingerprint density at radius 1 is 1.13 bits per heavy atom. The minimum absolute atomic E-state index is 0.0117. The molecular weight excluding hydrogens is 288 g/mol. The quantitative estimate of drug-likeness (QED) is 0.928. The Bertz CT molecular complexity index is 560. The van der Waals surface area contributed by atoms with Crippen molar-refractivity contribution < 1.29 is 9.59 Å². The molecule has 1 aliphatic heterocycles.